The van der Waals surface area contributed by atoms with Gasteiger partial charge in [-0.15, -0.1) is 5.10 Å². The number of carbonyl (C=O) groups is 1. The topological polar surface area (TPSA) is 90.1 Å². The highest BCUT2D eigenvalue weighted by molar-refractivity contribution is 5.67. The summed E-state index contributed by atoms with van der Waals surface area (Å²) in [4.78, 5) is 10.8. The van der Waals surface area contributed by atoms with Crippen molar-refractivity contribution in [1.82, 2.24) is 20.2 Å². The standard InChI is InChI=1S/C14H18N4O3/c1-10-5-3-4-6-11(10)7-13-15-16-17-18(13)9-12(21-2)8-14(19)20/h3-6,12H,7-9H2,1-2H3,(H,19,20). The zero-order valence-corrected chi connectivity index (χ0v) is 12.1. The van der Waals surface area contributed by atoms with Crippen LogP contribution in [0.2, 0.25) is 0 Å². The molecule has 2 rings (SSSR count). The van der Waals surface area contributed by atoms with Gasteiger partial charge in [0, 0.05) is 13.5 Å². The third-order valence-electron chi connectivity index (χ3n) is 3.33. The van der Waals surface area contributed by atoms with Gasteiger partial charge in [-0.2, -0.15) is 0 Å². The maximum Gasteiger partial charge on any atom is 0.306 e. The van der Waals surface area contributed by atoms with Crippen LogP contribution >= 0.6 is 0 Å². The fourth-order valence-corrected chi connectivity index (χ4v) is 2.08. The van der Waals surface area contributed by atoms with Crippen molar-refractivity contribution in [2.24, 2.45) is 0 Å². The van der Waals surface area contributed by atoms with E-state index in [1.807, 2.05) is 31.2 Å². The Labute approximate surface area is 122 Å². The number of hydrogen-bond acceptors (Lipinski definition) is 5. The summed E-state index contributed by atoms with van der Waals surface area (Å²) in [7, 11) is 1.49. The van der Waals surface area contributed by atoms with Gasteiger partial charge in [-0.1, -0.05) is 24.3 Å². The number of aryl methyl sites for hydroxylation is 1. The Bertz CT molecular complexity index is 612. The molecule has 2 aromatic rings. The number of nitrogens with zero attached hydrogens (tertiary/aromatic N) is 4. The molecule has 0 saturated heterocycles. The van der Waals surface area contributed by atoms with Gasteiger partial charge >= 0.3 is 5.97 Å². The zero-order valence-electron chi connectivity index (χ0n) is 12.1. The molecule has 1 aromatic heterocycles. The number of aromatic nitrogens is 4. The van der Waals surface area contributed by atoms with Crippen LogP contribution in [0.5, 0.6) is 0 Å². The van der Waals surface area contributed by atoms with Crippen molar-refractivity contribution in [1.29, 1.82) is 0 Å². The molecule has 1 heterocycles. The van der Waals surface area contributed by atoms with E-state index in [0.717, 1.165) is 5.56 Å². The molecule has 112 valence electrons. The van der Waals surface area contributed by atoms with Gasteiger partial charge in [-0.05, 0) is 28.5 Å². The minimum absolute atomic E-state index is 0.0832. The summed E-state index contributed by atoms with van der Waals surface area (Å²) in [5.41, 5.74) is 2.31. The summed E-state index contributed by atoms with van der Waals surface area (Å²) >= 11 is 0. The van der Waals surface area contributed by atoms with Crippen molar-refractivity contribution in [2.75, 3.05) is 7.11 Å². The fourth-order valence-electron chi connectivity index (χ4n) is 2.08. The zero-order chi connectivity index (χ0) is 15.2. The van der Waals surface area contributed by atoms with Gasteiger partial charge in [0.1, 0.15) is 0 Å². The second-order valence-corrected chi connectivity index (χ2v) is 4.84. The molecule has 0 amide bonds. The number of ether oxygens (including phenoxy) is 1. The molecule has 0 saturated carbocycles. The van der Waals surface area contributed by atoms with Crippen molar-refractivity contribution in [3.05, 3.63) is 41.2 Å². The number of carboxylic acids is 1. The van der Waals surface area contributed by atoms with Crippen molar-refractivity contribution in [3.63, 3.8) is 0 Å². The van der Waals surface area contributed by atoms with Gasteiger partial charge < -0.3 is 9.84 Å². The summed E-state index contributed by atoms with van der Waals surface area (Å²) in [6.07, 6.45) is 0.0604. The van der Waals surface area contributed by atoms with Crippen molar-refractivity contribution < 1.29 is 14.6 Å². The lowest BCUT2D eigenvalue weighted by atomic mass is 10.1. The molecule has 21 heavy (non-hydrogen) atoms. The van der Waals surface area contributed by atoms with Crippen LogP contribution in [-0.2, 0) is 22.5 Å². The van der Waals surface area contributed by atoms with Crippen LogP contribution < -0.4 is 0 Å². The Morgan fingerprint density at radius 1 is 1.43 bits per heavy atom. The molecular formula is C14H18N4O3. The summed E-state index contributed by atoms with van der Waals surface area (Å²) in [6.45, 7) is 2.35. The average Bonchev–Trinajstić information content (AvgIpc) is 2.87. The van der Waals surface area contributed by atoms with Crippen LogP contribution in [0.3, 0.4) is 0 Å². The van der Waals surface area contributed by atoms with E-state index in [1.54, 1.807) is 4.68 Å². The number of benzene rings is 1. The third kappa shape index (κ3) is 4.09. The number of carboxylic acid groups (broad SMARTS) is 1. The molecule has 7 heteroatoms. The van der Waals surface area contributed by atoms with Crippen LogP contribution in [0, 0.1) is 6.92 Å². The second-order valence-electron chi connectivity index (χ2n) is 4.84. The van der Waals surface area contributed by atoms with E-state index in [9.17, 15) is 4.79 Å². The lowest BCUT2D eigenvalue weighted by molar-refractivity contribution is -0.140. The van der Waals surface area contributed by atoms with Crippen LogP contribution in [0.15, 0.2) is 24.3 Å². The van der Waals surface area contributed by atoms with Gasteiger partial charge in [-0.3, -0.25) is 4.79 Å². The highest BCUT2D eigenvalue weighted by atomic mass is 16.5. The largest absolute Gasteiger partial charge is 0.481 e. The van der Waals surface area contributed by atoms with Crippen molar-refractivity contribution >= 4 is 5.97 Å². The highest BCUT2D eigenvalue weighted by Gasteiger charge is 2.17. The first kappa shape index (κ1) is 15.1. The van der Waals surface area contributed by atoms with E-state index in [1.165, 1.54) is 12.7 Å². The first-order valence-electron chi connectivity index (χ1n) is 6.64. The van der Waals surface area contributed by atoms with Crippen LogP contribution in [0.1, 0.15) is 23.4 Å². The predicted molar refractivity (Wildman–Crippen MR) is 74.9 cm³/mol. The first-order chi connectivity index (χ1) is 10.1. The average molecular weight is 290 g/mol. The van der Waals surface area contributed by atoms with E-state index in [4.69, 9.17) is 9.84 Å². The number of methoxy groups -OCH3 is 1. The lowest BCUT2D eigenvalue weighted by Crippen LogP contribution is -2.24. The van der Waals surface area contributed by atoms with Crippen LogP contribution in [-0.4, -0.2) is 44.5 Å². The summed E-state index contributed by atoms with van der Waals surface area (Å²) in [5.74, 6) is -0.216. The molecule has 0 aliphatic carbocycles. The Hall–Kier alpha value is -2.28. The van der Waals surface area contributed by atoms with Gasteiger partial charge in [0.15, 0.2) is 5.82 Å². The molecule has 1 aromatic carbocycles. The normalized spacial score (nSPS) is 12.3. The smallest absolute Gasteiger partial charge is 0.306 e. The Balaban J connectivity index is 2.11. The summed E-state index contributed by atoms with van der Waals surface area (Å²) in [5, 5.41) is 20.5. The minimum atomic E-state index is -0.907. The van der Waals surface area contributed by atoms with E-state index in [-0.39, 0.29) is 6.42 Å². The van der Waals surface area contributed by atoms with E-state index in [2.05, 4.69) is 15.5 Å². The van der Waals surface area contributed by atoms with Gasteiger partial charge in [-0.25, -0.2) is 4.68 Å². The maximum atomic E-state index is 10.8. The van der Waals surface area contributed by atoms with E-state index in [0.29, 0.717) is 18.8 Å². The third-order valence-corrected chi connectivity index (χ3v) is 3.33. The van der Waals surface area contributed by atoms with E-state index >= 15 is 0 Å². The van der Waals surface area contributed by atoms with Crippen molar-refractivity contribution in [3.8, 4) is 0 Å². The molecular weight excluding hydrogens is 272 g/mol. The lowest BCUT2D eigenvalue weighted by Gasteiger charge is -2.13. The Morgan fingerprint density at radius 3 is 2.86 bits per heavy atom. The summed E-state index contributed by atoms with van der Waals surface area (Å²) < 4.78 is 6.77. The molecule has 7 nitrogen and oxygen atoms in total. The fraction of sp³-hybridized carbons (Fsp3) is 0.429. The van der Waals surface area contributed by atoms with Gasteiger partial charge in [0.2, 0.25) is 0 Å². The monoisotopic (exact) mass is 290 g/mol. The second kappa shape index (κ2) is 6.94. The molecule has 0 aliphatic heterocycles. The minimum Gasteiger partial charge on any atom is -0.481 e. The summed E-state index contributed by atoms with van der Waals surface area (Å²) in [6, 6.07) is 8.01. The first-order valence-corrected chi connectivity index (χ1v) is 6.64. The van der Waals surface area contributed by atoms with Crippen LogP contribution in [0.4, 0.5) is 0 Å². The van der Waals surface area contributed by atoms with Crippen LogP contribution in [0.25, 0.3) is 0 Å². The number of rotatable bonds is 7. The molecule has 0 fully saturated rings. The molecule has 1 N–H and O–H groups in total. The predicted octanol–water partition coefficient (Wildman–Crippen LogP) is 1.06. The molecule has 0 aliphatic rings. The Kier molecular flexibility index (Phi) is 4.99. The van der Waals surface area contributed by atoms with Gasteiger partial charge in [0.05, 0.1) is 19.1 Å². The molecule has 0 bridgehead atoms. The molecule has 0 radical (unpaired) electrons. The Morgan fingerprint density at radius 2 is 2.19 bits per heavy atom. The molecule has 0 spiro atoms. The maximum absolute atomic E-state index is 10.8. The van der Waals surface area contributed by atoms with Crippen molar-refractivity contribution in [2.45, 2.75) is 32.4 Å². The number of aliphatic carboxylic acids is 1. The van der Waals surface area contributed by atoms with E-state index < -0.39 is 12.1 Å². The highest BCUT2D eigenvalue weighted by Crippen LogP contribution is 2.12. The number of tetrazole rings is 1. The number of hydrogen-bond donors (Lipinski definition) is 1. The molecule has 1 atom stereocenters. The van der Waals surface area contributed by atoms with Gasteiger partial charge in [0.25, 0.3) is 0 Å². The quantitative estimate of drug-likeness (QED) is 0.820. The SMILES string of the molecule is COC(CC(=O)O)Cn1nnnc1Cc1ccccc1C. The molecule has 1 unspecified atom stereocenters.